The predicted molar refractivity (Wildman–Crippen MR) is 105 cm³/mol. The zero-order chi connectivity index (χ0) is 21.9. The molecule has 0 atom stereocenters. The number of amides is 1. The first kappa shape index (κ1) is 19.3. The van der Waals surface area contributed by atoms with Crippen molar-refractivity contribution < 1.29 is 22.4 Å². The molecule has 0 spiro atoms. The first-order valence-electron chi connectivity index (χ1n) is 9.59. The zero-order valence-electron chi connectivity index (χ0n) is 16.3. The van der Waals surface area contributed by atoms with Gasteiger partial charge in [-0.3, -0.25) is 9.48 Å². The van der Waals surface area contributed by atoms with Crippen molar-refractivity contribution in [2.45, 2.75) is 13.0 Å². The summed E-state index contributed by atoms with van der Waals surface area (Å²) in [5.74, 6) is -4.68. The number of H-pyrrole nitrogens is 1. The van der Waals surface area contributed by atoms with E-state index in [0.29, 0.717) is 40.8 Å². The summed E-state index contributed by atoms with van der Waals surface area (Å²) in [6.07, 6.45) is 1.97. The molecule has 1 aliphatic heterocycles. The van der Waals surface area contributed by atoms with E-state index in [-0.39, 0.29) is 18.0 Å². The van der Waals surface area contributed by atoms with Crippen molar-refractivity contribution in [2.75, 3.05) is 6.54 Å². The van der Waals surface area contributed by atoms with Crippen molar-refractivity contribution in [1.82, 2.24) is 19.7 Å². The lowest BCUT2D eigenvalue weighted by Crippen LogP contribution is -2.35. The van der Waals surface area contributed by atoms with Crippen LogP contribution in [-0.4, -0.2) is 32.1 Å². The van der Waals surface area contributed by atoms with Gasteiger partial charge in [-0.15, -0.1) is 0 Å². The molecule has 31 heavy (non-hydrogen) atoms. The Morgan fingerprint density at radius 3 is 2.58 bits per heavy atom. The number of nitrogens with zero attached hydrogens (tertiary/aromatic N) is 3. The number of fused-ring (bicyclic) bond motifs is 2. The van der Waals surface area contributed by atoms with Crippen LogP contribution in [0.1, 0.15) is 21.6 Å². The maximum absolute atomic E-state index is 13.7. The summed E-state index contributed by atoms with van der Waals surface area (Å²) < 4.78 is 55.8. The van der Waals surface area contributed by atoms with E-state index in [1.54, 1.807) is 24.2 Å². The number of aryl methyl sites for hydroxylation is 1. The lowest BCUT2D eigenvalue weighted by molar-refractivity contribution is 0.0734. The van der Waals surface area contributed by atoms with Crippen LogP contribution in [0.4, 0.5) is 17.6 Å². The molecule has 0 fully saturated rings. The highest BCUT2D eigenvalue weighted by molar-refractivity contribution is 6.06. The Hall–Kier alpha value is -3.62. The van der Waals surface area contributed by atoms with Crippen LogP contribution in [0, 0.1) is 23.3 Å². The molecule has 9 heteroatoms. The van der Waals surface area contributed by atoms with Gasteiger partial charge in [0.15, 0.2) is 17.5 Å². The van der Waals surface area contributed by atoms with Gasteiger partial charge in [-0.2, -0.15) is 5.10 Å². The molecule has 5 nitrogen and oxygen atoms in total. The minimum absolute atomic E-state index is 0.186. The maximum Gasteiger partial charge on any atom is 0.256 e. The van der Waals surface area contributed by atoms with Gasteiger partial charge in [0.25, 0.3) is 5.91 Å². The molecule has 1 aliphatic rings. The van der Waals surface area contributed by atoms with E-state index in [1.807, 2.05) is 0 Å². The standard InChI is InChI=1S/C22H16F4N4O/c1-29-21(11-6-16(24)20(26)17(25)7-11)14-4-5-30(10-19(14)28-29)22(31)15-9-27-18-8-12(23)2-3-13(15)18/h2-3,6-9,27H,4-5,10H2,1H3. The highest BCUT2D eigenvalue weighted by Crippen LogP contribution is 2.32. The van der Waals surface area contributed by atoms with Gasteiger partial charge in [-0.25, -0.2) is 17.6 Å². The molecule has 0 unspecified atom stereocenters. The van der Waals surface area contributed by atoms with Crippen LogP contribution in [0.25, 0.3) is 22.2 Å². The van der Waals surface area contributed by atoms with Crippen LogP contribution < -0.4 is 0 Å². The number of aromatic amines is 1. The molecule has 0 saturated carbocycles. The number of nitrogens with one attached hydrogen (secondary N) is 1. The summed E-state index contributed by atoms with van der Waals surface area (Å²) in [7, 11) is 1.63. The Morgan fingerprint density at radius 1 is 1.10 bits per heavy atom. The number of hydrogen-bond acceptors (Lipinski definition) is 2. The third-order valence-electron chi connectivity index (χ3n) is 5.62. The van der Waals surface area contributed by atoms with Crippen molar-refractivity contribution >= 4 is 16.8 Å². The number of carbonyl (C=O) groups is 1. The molecule has 0 aliphatic carbocycles. The number of carbonyl (C=O) groups excluding carboxylic acids is 1. The van der Waals surface area contributed by atoms with Gasteiger partial charge >= 0.3 is 0 Å². The van der Waals surface area contributed by atoms with Gasteiger partial charge < -0.3 is 9.88 Å². The summed E-state index contributed by atoms with van der Waals surface area (Å²) in [5.41, 5.74) is 3.00. The number of benzene rings is 2. The first-order valence-corrected chi connectivity index (χ1v) is 9.59. The molecule has 4 aromatic rings. The third-order valence-corrected chi connectivity index (χ3v) is 5.62. The number of halogens is 4. The van der Waals surface area contributed by atoms with E-state index in [1.165, 1.54) is 16.8 Å². The van der Waals surface area contributed by atoms with Gasteiger partial charge in [-0.05, 0) is 36.8 Å². The summed E-state index contributed by atoms with van der Waals surface area (Å²) in [4.78, 5) is 17.6. The van der Waals surface area contributed by atoms with Crippen LogP contribution in [0.15, 0.2) is 36.5 Å². The van der Waals surface area contributed by atoms with Crippen LogP contribution in [-0.2, 0) is 20.0 Å². The van der Waals surface area contributed by atoms with Crippen molar-refractivity contribution in [3.63, 3.8) is 0 Å². The smallest absolute Gasteiger partial charge is 0.256 e. The second-order valence-corrected chi connectivity index (χ2v) is 7.52. The largest absolute Gasteiger partial charge is 0.360 e. The highest BCUT2D eigenvalue weighted by atomic mass is 19.2. The highest BCUT2D eigenvalue weighted by Gasteiger charge is 2.29. The summed E-state index contributed by atoms with van der Waals surface area (Å²) in [6.45, 7) is 0.576. The van der Waals surface area contributed by atoms with Crippen LogP contribution in [0.3, 0.4) is 0 Å². The van der Waals surface area contributed by atoms with Gasteiger partial charge in [0, 0.05) is 41.8 Å². The molecular weight excluding hydrogens is 412 g/mol. The van der Waals surface area contributed by atoms with E-state index in [2.05, 4.69) is 10.1 Å². The van der Waals surface area contributed by atoms with E-state index in [4.69, 9.17) is 0 Å². The fourth-order valence-electron chi connectivity index (χ4n) is 4.19. The van der Waals surface area contributed by atoms with E-state index in [9.17, 15) is 22.4 Å². The summed E-state index contributed by atoms with van der Waals surface area (Å²) in [5, 5.41) is 5.05. The van der Waals surface area contributed by atoms with Crippen molar-refractivity contribution in [3.8, 4) is 11.3 Å². The summed E-state index contributed by atoms with van der Waals surface area (Å²) >= 11 is 0. The monoisotopic (exact) mass is 428 g/mol. The molecular formula is C22H16F4N4O. The topological polar surface area (TPSA) is 53.9 Å². The summed E-state index contributed by atoms with van der Waals surface area (Å²) in [6, 6.07) is 6.07. The van der Waals surface area contributed by atoms with Gasteiger partial charge in [-0.1, -0.05) is 0 Å². The fourth-order valence-corrected chi connectivity index (χ4v) is 4.19. The first-order chi connectivity index (χ1) is 14.8. The van der Waals surface area contributed by atoms with E-state index < -0.39 is 23.3 Å². The molecule has 5 rings (SSSR count). The van der Waals surface area contributed by atoms with Gasteiger partial charge in [0.05, 0.1) is 23.5 Å². The lowest BCUT2D eigenvalue weighted by atomic mass is 9.99. The van der Waals surface area contributed by atoms with Crippen molar-refractivity contribution in [3.05, 3.63) is 76.6 Å². The lowest BCUT2D eigenvalue weighted by Gasteiger charge is -2.26. The van der Waals surface area contributed by atoms with Crippen LogP contribution in [0.2, 0.25) is 0 Å². The zero-order valence-corrected chi connectivity index (χ0v) is 16.3. The normalized spacial score (nSPS) is 13.6. The van der Waals surface area contributed by atoms with Crippen molar-refractivity contribution in [1.29, 1.82) is 0 Å². The molecule has 158 valence electrons. The van der Waals surface area contributed by atoms with Crippen LogP contribution in [0.5, 0.6) is 0 Å². The fraction of sp³-hybridized carbons (Fsp3) is 0.182. The minimum atomic E-state index is -1.52. The molecule has 0 bridgehead atoms. The Kier molecular flexibility index (Phi) is 4.35. The number of rotatable bonds is 2. The van der Waals surface area contributed by atoms with Gasteiger partial charge in [0.1, 0.15) is 5.82 Å². The second-order valence-electron chi connectivity index (χ2n) is 7.52. The average molecular weight is 428 g/mol. The molecule has 1 N–H and O–H groups in total. The van der Waals surface area contributed by atoms with Crippen LogP contribution >= 0.6 is 0 Å². The molecule has 2 aromatic heterocycles. The van der Waals surface area contributed by atoms with Crippen molar-refractivity contribution in [2.24, 2.45) is 7.05 Å². The predicted octanol–water partition coefficient (Wildman–Crippen LogP) is 4.32. The Bertz CT molecular complexity index is 1330. The van der Waals surface area contributed by atoms with Gasteiger partial charge in [0.2, 0.25) is 0 Å². The number of hydrogen-bond donors (Lipinski definition) is 1. The Morgan fingerprint density at radius 2 is 1.84 bits per heavy atom. The molecule has 1 amide bonds. The third kappa shape index (κ3) is 3.08. The Labute approximate surface area is 173 Å². The molecule has 0 radical (unpaired) electrons. The molecule has 2 aromatic carbocycles. The SMILES string of the molecule is Cn1nc2c(c1-c1cc(F)c(F)c(F)c1)CCN(C(=O)c1c[nH]c3cc(F)ccc13)C2. The second kappa shape index (κ2) is 6.97. The molecule has 0 saturated heterocycles. The average Bonchev–Trinajstić information content (AvgIpc) is 3.30. The maximum atomic E-state index is 13.7. The number of aromatic nitrogens is 3. The Balaban J connectivity index is 1.48. The van der Waals surface area contributed by atoms with E-state index in [0.717, 1.165) is 17.7 Å². The minimum Gasteiger partial charge on any atom is -0.360 e. The molecule has 3 heterocycles. The van der Waals surface area contributed by atoms with E-state index >= 15 is 0 Å². The quantitative estimate of drug-likeness (QED) is 0.382.